The fraction of sp³-hybridized carbons (Fsp3) is 0.100. The summed E-state index contributed by atoms with van der Waals surface area (Å²) in [4.78, 5) is 37.0. The molecule has 1 N–H and O–H groups in total. The highest BCUT2D eigenvalue weighted by atomic mass is 79.9. The normalized spacial score (nSPS) is 14.9. The molecule has 7 nitrogen and oxygen atoms in total. The first-order chi connectivity index (χ1) is 13.9. The average molecular weight is 473 g/mol. The number of benzene rings is 2. The number of thioether (sulfide) groups is 1. The molecular weight excluding hydrogens is 460 g/mol. The summed E-state index contributed by atoms with van der Waals surface area (Å²) in [6, 6.07) is 13.8. The molecule has 2 aromatic rings. The highest BCUT2D eigenvalue weighted by Gasteiger charge is 2.35. The number of aliphatic carboxylic acids is 1. The summed E-state index contributed by atoms with van der Waals surface area (Å²) >= 11 is 4.12. The number of nitrogens with zero attached hydrogens (tertiary/aromatic N) is 2. The van der Waals surface area contributed by atoms with Gasteiger partial charge in [0.1, 0.15) is 5.75 Å². The number of hydrogen-bond donors (Lipinski definition) is 1. The number of amides is 2. The quantitative estimate of drug-likeness (QED) is 0.632. The average Bonchev–Trinajstić information content (AvgIpc) is 2.95. The van der Waals surface area contributed by atoms with Gasteiger partial charge in [0.15, 0.2) is 6.61 Å². The predicted octanol–water partition coefficient (Wildman–Crippen LogP) is 4.02. The van der Waals surface area contributed by atoms with Gasteiger partial charge < -0.3 is 9.84 Å². The van der Waals surface area contributed by atoms with Crippen LogP contribution in [0.15, 0.2) is 51.8 Å². The van der Waals surface area contributed by atoms with E-state index in [4.69, 9.17) is 9.84 Å². The number of ether oxygens (including phenoxy) is 1. The molecule has 1 heterocycles. The third kappa shape index (κ3) is 4.85. The molecule has 1 saturated heterocycles. The van der Waals surface area contributed by atoms with Gasteiger partial charge in [0.2, 0.25) is 0 Å². The third-order valence-electron chi connectivity index (χ3n) is 3.94. The molecule has 29 heavy (non-hydrogen) atoms. The van der Waals surface area contributed by atoms with E-state index in [0.29, 0.717) is 26.9 Å². The molecule has 0 aromatic heterocycles. The predicted molar refractivity (Wildman–Crippen MR) is 110 cm³/mol. The SMILES string of the molecule is N#Cc1ccccc1CN1C(=O)S/C(=C\c2ccc(OCC(=O)O)c(Br)c2)C1=O. The molecule has 1 fully saturated rings. The maximum absolute atomic E-state index is 12.7. The minimum atomic E-state index is -1.09. The van der Waals surface area contributed by atoms with Crippen LogP contribution in [0, 0.1) is 11.3 Å². The molecule has 0 unspecified atom stereocenters. The minimum absolute atomic E-state index is 0.0252. The van der Waals surface area contributed by atoms with Crippen LogP contribution >= 0.6 is 27.7 Å². The van der Waals surface area contributed by atoms with Gasteiger partial charge in [-0.3, -0.25) is 14.5 Å². The van der Waals surface area contributed by atoms with Crippen LogP contribution in [0.4, 0.5) is 4.79 Å². The van der Waals surface area contributed by atoms with Crippen molar-refractivity contribution in [2.24, 2.45) is 0 Å². The van der Waals surface area contributed by atoms with Crippen molar-refractivity contribution in [2.45, 2.75) is 6.54 Å². The number of imide groups is 1. The maximum Gasteiger partial charge on any atom is 0.341 e. The van der Waals surface area contributed by atoms with Gasteiger partial charge in [0.25, 0.3) is 11.1 Å². The number of carboxylic acids is 1. The molecule has 3 rings (SSSR count). The first-order valence-corrected chi connectivity index (χ1v) is 9.87. The van der Waals surface area contributed by atoms with Gasteiger partial charge in [-0.25, -0.2) is 4.79 Å². The second-order valence-corrected chi connectivity index (χ2v) is 7.76. The Labute approximate surface area is 178 Å². The van der Waals surface area contributed by atoms with Gasteiger partial charge >= 0.3 is 5.97 Å². The van der Waals surface area contributed by atoms with E-state index in [1.54, 1.807) is 48.5 Å². The van der Waals surface area contributed by atoms with E-state index in [9.17, 15) is 19.6 Å². The molecule has 1 aliphatic heterocycles. The summed E-state index contributed by atoms with van der Waals surface area (Å²) < 4.78 is 5.66. The summed E-state index contributed by atoms with van der Waals surface area (Å²) in [5.41, 5.74) is 1.65. The number of carbonyl (C=O) groups excluding carboxylic acids is 2. The monoisotopic (exact) mass is 472 g/mol. The second-order valence-electron chi connectivity index (χ2n) is 5.91. The zero-order valence-corrected chi connectivity index (χ0v) is 17.2. The molecule has 0 saturated carbocycles. The fourth-order valence-electron chi connectivity index (χ4n) is 2.59. The second kappa shape index (κ2) is 8.94. The Hall–Kier alpha value is -3.09. The number of hydrogen-bond acceptors (Lipinski definition) is 6. The Morgan fingerprint density at radius 3 is 2.72 bits per heavy atom. The van der Waals surface area contributed by atoms with Gasteiger partial charge in [-0.2, -0.15) is 5.26 Å². The smallest absolute Gasteiger partial charge is 0.341 e. The van der Waals surface area contributed by atoms with Crippen molar-refractivity contribution in [3.63, 3.8) is 0 Å². The van der Waals surface area contributed by atoms with E-state index < -0.39 is 23.7 Å². The van der Waals surface area contributed by atoms with Crippen molar-refractivity contribution < 1.29 is 24.2 Å². The Morgan fingerprint density at radius 2 is 2.03 bits per heavy atom. The summed E-state index contributed by atoms with van der Waals surface area (Å²) in [5.74, 6) is -1.17. The van der Waals surface area contributed by atoms with Gasteiger partial charge in [-0.1, -0.05) is 24.3 Å². The first-order valence-electron chi connectivity index (χ1n) is 8.26. The lowest BCUT2D eigenvalue weighted by Gasteiger charge is -2.13. The van der Waals surface area contributed by atoms with Crippen LogP contribution < -0.4 is 4.74 Å². The van der Waals surface area contributed by atoms with Crippen LogP contribution in [0.2, 0.25) is 0 Å². The Bertz CT molecular complexity index is 1080. The van der Waals surface area contributed by atoms with Gasteiger partial charge in [-0.05, 0) is 63.1 Å². The number of carboxylic acid groups (broad SMARTS) is 1. The van der Waals surface area contributed by atoms with Crippen molar-refractivity contribution in [1.29, 1.82) is 5.26 Å². The Morgan fingerprint density at radius 1 is 1.28 bits per heavy atom. The maximum atomic E-state index is 12.7. The van der Waals surface area contributed by atoms with Crippen LogP contribution in [0.25, 0.3) is 6.08 Å². The highest BCUT2D eigenvalue weighted by molar-refractivity contribution is 9.10. The van der Waals surface area contributed by atoms with Crippen molar-refractivity contribution in [3.8, 4) is 11.8 Å². The third-order valence-corrected chi connectivity index (χ3v) is 5.47. The molecule has 9 heteroatoms. The van der Waals surface area contributed by atoms with Crippen molar-refractivity contribution >= 4 is 50.9 Å². The number of carbonyl (C=O) groups is 3. The number of rotatable bonds is 6. The van der Waals surface area contributed by atoms with E-state index in [0.717, 1.165) is 16.7 Å². The van der Waals surface area contributed by atoms with E-state index in [1.165, 1.54) is 0 Å². The van der Waals surface area contributed by atoms with E-state index in [-0.39, 0.29) is 11.4 Å². The summed E-state index contributed by atoms with van der Waals surface area (Å²) in [7, 11) is 0. The molecule has 1 aliphatic rings. The van der Waals surface area contributed by atoms with E-state index in [2.05, 4.69) is 22.0 Å². The van der Waals surface area contributed by atoms with Crippen LogP contribution in [0.1, 0.15) is 16.7 Å². The molecule has 0 spiro atoms. The van der Waals surface area contributed by atoms with E-state index >= 15 is 0 Å². The van der Waals surface area contributed by atoms with Crippen LogP contribution in [-0.4, -0.2) is 33.7 Å². The van der Waals surface area contributed by atoms with Crippen LogP contribution in [0.5, 0.6) is 5.75 Å². The molecule has 2 aromatic carbocycles. The molecular formula is C20H13BrN2O5S. The molecule has 0 radical (unpaired) electrons. The van der Waals surface area contributed by atoms with E-state index in [1.807, 2.05) is 0 Å². The lowest BCUT2D eigenvalue weighted by molar-refractivity contribution is -0.139. The Balaban J connectivity index is 1.78. The van der Waals surface area contributed by atoms with Crippen molar-refractivity contribution in [2.75, 3.05) is 6.61 Å². The summed E-state index contributed by atoms with van der Waals surface area (Å²) in [6.07, 6.45) is 1.58. The molecule has 146 valence electrons. The fourth-order valence-corrected chi connectivity index (χ4v) is 3.94. The number of nitriles is 1. The molecule has 0 aliphatic carbocycles. The topological polar surface area (TPSA) is 108 Å². The Kier molecular flexibility index (Phi) is 6.36. The standard InChI is InChI=1S/C20H13BrN2O5S/c21-15-7-12(5-6-16(15)28-11-18(24)25)8-17-19(26)23(20(27)29-17)10-14-4-2-1-3-13(14)9-22/h1-8H,10-11H2,(H,24,25)/b17-8-. The van der Waals surface area contributed by atoms with Crippen LogP contribution in [0.3, 0.4) is 0 Å². The van der Waals surface area contributed by atoms with Crippen molar-refractivity contribution in [1.82, 2.24) is 4.90 Å². The van der Waals surface area contributed by atoms with Crippen LogP contribution in [-0.2, 0) is 16.1 Å². The largest absolute Gasteiger partial charge is 0.481 e. The summed E-state index contributed by atoms with van der Waals surface area (Å²) in [5, 5.41) is 17.5. The van der Waals surface area contributed by atoms with Gasteiger partial charge in [-0.15, -0.1) is 0 Å². The number of halogens is 1. The van der Waals surface area contributed by atoms with Crippen molar-refractivity contribution in [3.05, 3.63) is 68.5 Å². The lowest BCUT2D eigenvalue weighted by Crippen LogP contribution is -2.27. The zero-order chi connectivity index (χ0) is 21.0. The molecule has 0 atom stereocenters. The lowest BCUT2D eigenvalue weighted by atomic mass is 10.1. The molecule has 2 amide bonds. The minimum Gasteiger partial charge on any atom is -0.481 e. The van der Waals surface area contributed by atoms with Gasteiger partial charge in [0.05, 0.1) is 27.6 Å². The van der Waals surface area contributed by atoms with Gasteiger partial charge in [0, 0.05) is 0 Å². The summed E-state index contributed by atoms with van der Waals surface area (Å²) in [6.45, 7) is -0.446. The zero-order valence-electron chi connectivity index (χ0n) is 14.8. The molecule has 0 bridgehead atoms. The first kappa shape index (κ1) is 20.6. The highest BCUT2D eigenvalue weighted by Crippen LogP contribution is 2.35.